The van der Waals surface area contributed by atoms with E-state index in [0.29, 0.717) is 22.2 Å². The molecule has 6 heteroatoms. The van der Waals surface area contributed by atoms with Crippen LogP contribution in [-0.4, -0.2) is 24.7 Å². The average Bonchev–Trinajstić information content (AvgIpc) is 2.97. The zero-order valence-electron chi connectivity index (χ0n) is 14.3. The molecule has 0 unspecified atom stereocenters. The van der Waals surface area contributed by atoms with Crippen LogP contribution in [0.15, 0.2) is 35.2 Å². The van der Waals surface area contributed by atoms with Gasteiger partial charge in [-0.2, -0.15) is 0 Å². The third-order valence-electron chi connectivity index (χ3n) is 4.27. The van der Waals surface area contributed by atoms with E-state index in [9.17, 15) is 9.59 Å². The Balaban J connectivity index is 1.75. The number of ether oxygens (including phenoxy) is 1. The Kier molecular flexibility index (Phi) is 5.81. The molecule has 25 heavy (non-hydrogen) atoms. The second-order valence-electron chi connectivity index (χ2n) is 6.20. The lowest BCUT2D eigenvalue weighted by molar-refractivity contribution is -0.113. The van der Waals surface area contributed by atoms with E-state index in [0.717, 1.165) is 29.7 Å². The van der Waals surface area contributed by atoms with Crippen LogP contribution < -0.4 is 5.32 Å². The van der Waals surface area contributed by atoms with Crippen molar-refractivity contribution in [2.45, 2.75) is 31.1 Å². The van der Waals surface area contributed by atoms with Crippen molar-refractivity contribution in [3.8, 4) is 0 Å². The summed E-state index contributed by atoms with van der Waals surface area (Å²) in [4.78, 5) is 26.8. The number of carbonyl (C=O) groups is 2. The van der Waals surface area contributed by atoms with Gasteiger partial charge in [-0.1, -0.05) is 25.1 Å². The molecule has 0 saturated carbocycles. The smallest absolute Gasteiger partial charge is 0.341 e. The van der Waals surface area contributed by atoms with Gasteiger partial charge in [-0.15, -0.1) is 23.1 Å². The van der Waals surface area contributed by atoms with Gasteiger partial charge in [-0.05, 0) is 42.9 Å². The second kappa shape index (κ2) is 8.06. The largest absolute Gasteiger partial charge is 0.465 e. The molecule has 0 bridgehead atoms. The van der Waals surface area contributed by atoms with Crippen molar-refractivity contribution in [3.05, 3.63) is 46.3 Å². The standard InChI is InChI=1S/C19H21NO3S2/c1-12-8-9-14-15(10-12)25-18(17(14)19(22)23-2)20-16(21)11-24-13-6-4-3-5-7-13/h3-7,12H,8-11H2,1-2H3,(H,20,21)/t12-/m0/s1. The lowest BCUT2D eigenvalue weighted by atomic mass is 9.88. The summed E-state index contributed by atoms with van der Waals surface area (Å²) in [5.74, 6) is 0.446. The third-order valence-corrected chi connectivity index (χ3v) is 6.45. The zero-order chi connectivity index (χ0) is 17.8. The van der Waals surface area contributed by atoms with E-state index in [1.54, 1.807) is 0 Å². The van der Waals surface area contributed by atoms with Gasteiger partial charge < -0.3 is 10.1 Å². The number of carbonyl (C=O) groups excluding carboxylic acids is 2. The maximum absolute atomic E-state index is 12.3. The van der Waals surface area contributed by atoms with Gasteiger partial charge >= 0.3 is 5.97 Å². The fourth-order valence-electron chi connectivity index (χ4n) is 2.99. The minimum absolute atomic E-state index is 0.106. The van der Waals surface area contributed by atoms with Gasteiger partial charge in [-0.25, -0.2) is 4.79 Å². The maximum atomic E-state index is 12.3. The number of hydrogen-bond donors (Lipinski definition) is 1. The van der Waals surface area contributed by atoms with Gasteiger partial charge in [0.15, 0.2) is 0 Å². The van der Waals surface area contributed by atoms with Crippen LogP contribution in [-0.2, 0) is 22.4 Å². The zero-order valence-corrected chi connectivity index (χ0v) is 16.0. The predicted molar refractivity (Wildman–Crippen MR) is 103 cm³/mol. The number of thioether (sulfide) groups is 1. The highest BCUT2D eigenvalue weighted by atomic mass is 32.2. The maximum Gasteiger partial charge on any atom is 0.341 e. The molecule has 0 saturated heterocycles. The van der Waals surface area contributed by atoms with Crippen molar-refractivity contribution in [3.63, 3.8) is 0 Å². The fourth-order valence-corrected chi connectivity index (χ4v) is 5.12. The molecule has 1 aliphatic rings. The minimum atomic E-state index is -0.363. The molecule has 0 fully saturated rings. The molecule has 3 rings (SSSR count). The molecule has 1 aromatic heterocycles. The first-order chi connectivity index (χ1) is 12.1. The first-order valence-electron chi connectivity index (χ1n) is 8.29. The molecule has 132 valence electrons. The Morgan fingerprint density at radius 1 is 1.32 bits per heavy atom. The van der Waals surface area contributed by atoms with Gasteiger partial charge in [0.25, 0.3) is 0 Å². The van der Waals surface area contributed by atoms with E-state index in [1.807, 2.05) is 30.3 Å². The monoisotopic (exact) mass is 375 g/mol. The number of benzene rings is 1. The molecule has 0 aliphatic heterocycles. The summed E-state index contributed by atoms with van der Waals surface area (Å²) in [7, 11) is 1.38. The van der Waals surface area contributed by atoms with Crippen LogP contribution in [0.3, 0.4) is 0 Å². The quantitative estimate of drug-likeness (QED) is 0.622. The SMILES string of the molecule is COC(=O)c1c(NC(=O)CSc2ccccc2)sc2c1CC[C@H](C)C2. The number of fused-ring (bicyclic) bond motifs is 1. The van der Waals surface area contributed by atoms with Crippen molar-refractivity contribution < 1.29 is 14.3 Å². The Morgan fingerprint density at radius 3 is 2.80 bits per heavy atom. The second-order valence-corrected chi connectivity index (χ2v) is 8.35. The highest BCUT2D eigenvalue weighted by Crippen LogP contribution is 2.40. The van der Waals surface area contributed by atoms with Crippen molar-refractivity contribution in [1.82, 2.24) is 0 Å². The molecule has 1 N–H and O–H groups in total. The van der Waals surface area contributed by atoms with E-state index in [1.165, 1.54) is 35.1 Å². The van der Waals surface area contributed by atoms with Gasteiger partial charge in [-0.3, -0.25) is 4.79 Å². The molecule has 1 atom stereocenters. The van der Waals surface area contributed by atoms with E-state index >= 15 is 0 Å². The number of esters is 1. The summed E-state index contributed by atoms with van der Waals surface area (Å²) in [6.45, 7) is 2.22. The molecule has 0 spiro atoms. The summed E-state index contributed by atoms with van der Waals surface area (Å²) >= 11 is 3.00. The first-order valence-corrected chi connectivity index (χ1v) is 10.1. The number of methoxy groups -OCH3 is 1. The lowest BCUT2D eigenvalue weighted by Crippen LogP contribution is -2.17. The molecule has 1 aromatic carbocycles. The Labute approximate surface area is 156 Å². The van der Waals surface area contributed by atoms with Crippen molar-refractivity contribution in [2.75, 3.05) is 18.2 Å². The van der Waals surface area contributed by atoms with Crippen LogP contribution in [0, 0.1) is 5.92 Å². The van der Waals surface area contributed by atoms with Crippen LogP contribution >= 0.6 is 23.1 Å². The highest BCUT2D eigenvalue weighted by Gasteiger charge is 2.28. The summed E-state index contributed by atoms with van der Waals surface area (Å²) in [6.07, 6.45) is 2.88. The Bertz CT molecular complexity index is 770. The third kappa shape index (κ3) is 4.25. The van der Waals surface area contributed by atoms with Crippen molar-refractivity contribution in [1.29, 1.82) is 0 Å². The van der Waals surface area contributed by atoms with E-state index in [2.05, 4.69) is 12.2 Å². The Hall–Kier alpha value is -1.79. The van der Waals surface area contributed by atoms with Crippen molar-refractivity contribution >= 4 is 40.0 Å². The number of anilines is 1. The first kappa shape index (κ1) is 18.0. The van der Waals surface area contributed by atoms with E-state index in [-0.39, 0.29) is 11.9 Å². The molecule has 4 nitrogen and oxygen atoms in total. The average molecular weight is 376 g/mol. The number of amides is 1. The topological polar surface area (TPSA) is 55.4 Å². The minimum Gasteiger partial charge on any atom is -0.465 e. The molecule has 2 aromatic rings. The summed E-state index contributed by atoms with van der Waals surface area (Å²) in [5.41, 5.74) is 1.61. The molecule has 1 amide bonds. The number of thiophene rings is 1. The number of hydrogen-bond acceptors (Lipinski definition) is 5. The predicted octanol–water partition coefficient (Wildman–Crippen LogP) is 4.39. The van der Waals surface area contributed by atoms with E-state index in [4.69, 9.17) is 4.74 Å². The van der Waals surface area contributed by atoms with Gasteiger partial charge in [0.1, 0.15) is 5.00 Å². The molecule has 1 heterocycles. The molecule has 1 aliphatic carbocycles. The van der Waals surface area contributed by atoms with Crippen LogP contribution in [0.4, 0.5) is 5.00 Å². The van der Waals surface area contributed by atoms with Crippen LogP contribution in [0.1, 0.15) is 34.1 Å². The fraction of sp³-hybridized carbons (Fsp3) is 0.368. The lowest BCUT2D eigenvalue weighted by Gasteiger charge is -2.18. The van der Waals surface area contributed by atoms with E-state index < -0.39 is 0 Å². The van der Waals surface area contributed by atoms with Gasteiger partial charge in [0.2, 0.25) is 5.91 Å². The van der Waals surface area contributed by atoms with Crippen LogP contribution in [0.25, 0.3) is 0 Å². The van der Waals surface area contributed by atoms with Gasteiger partial charge in [0.05, 0.1) is 18.4 Å². The molecule has 0 radical (unpaired) electrons. The van der Waals surface area contributed by atoms with Crippen molar-refractivity contribution in [2.24, 2.45) is 5.92 Å². The molecular weight excluding hydrogens is 354 g/mol. The highest BCUT2D eigenvalue weighted by molar-refractivity contribution is 8.00. The van der Waals surface area contributed by atoms with Crippen LogP contribution in [0.5, 0.6) is 0 Å². The summed E-state index contributed by atoms with van der Waals surface area (Å²) in [5, 5.41) is 3.56. The number of rotatable bonds is 5. The summed E-state index contributed by atoms with van der Waals surface area (Å²) in [6, 6.07) is 9.80. The molecular formula is C19H21NO3S2. The Morgan fingerprint density at radius 2 is 2.08 bits per heavy atom. The van der Waals surface area contributed by atoms with Crippen LogP contribution in [0.2, 0.25) is 0 Å². The normalized spacial score (nSPS) is 16.2. The summed E-state index contributed by atoms with van der Waals surface area (Å²) < 4.78 is 4.95. The number of nitrogens with one attached hydrogen (secondary N) is 1. The van der Waals surface area contributed by atoms with Gasteiger partial charge in [0, 0.05) is 9.77 Å².